The van der Waals surface area contributed by atoms with Crippen molar-refractivity contribution in [2.75, 3.05) is 7.11 Å². The quantitative estimate of drug-likeness (QED) is 0.773. The Labute approximate surface area is 109 Å². The standard InChI is InChI=1S/C14H13N3O2/c1-19-11-5-2-4-10(8-11)9-13-16-15-12-6-3-7-14(18)17(12)13/h2-8,15H,9H2,1H3. The lowest BCUT2D eigenvalue weighted by molar-refractivity contribution is 0.414. The lowest BCUT2D eigenvalue weighted by atomic mass is 10.1. The number of rotatable bonds is 3. The summed E-state index contributed by atoms with van der Waals surface area (Å²) < 4.78 is 6.77. The molecule has 0 amide bonds. The van der Waals surface area contributed by atoms with Gasteiger partial charge in [-0.1, -0.05) is 18.2 Å². The Kier molecular flexibility index (Phi) is 2.79. The van der Waals surface area contributed by atoms with Gasteiger partial charge in [0.15, 0.2) is 0 Å². The Morgan fingerprint density at radius 2 is 2.11 bits per heavy atom. The highest BCUT2D eigenvalue weighted by molar-refractivity contribution is 5.38. The highest BCUT2D eigenvalue weighted by Gasteiger charge is 2.07. The van der Waals surface area contributed by atoms with E-state index in [1.54, 1.807) is 17.6 Å². The maximum atomic E-state index is 11.9. The number of hydrogen-bond acceptors (Lipinski definition) is 3. The van der Waals surface area contributed by atoms with Gasteiger partial charge in [-0.25, -0.2) is 4.40 Å². The molecule has 96 valence electrons. The molecule has 0 radical (unpaired) electrons. The fourth-order valence-electron chi connectivity index (χ4n) is 2.10. The van der Waals surface area contributed by atoms with E-state index in [0.29, 0.717) is 17.9 Å². The van der Waals surface area contributed by atoms with Gasteiger partial charge in [-0.2, -0.15) is 5.10 Å². The third kappa shape index (κ3) is 2.10. The molecule has 19 heavy (non-hydrogen) atoms. The molecule has 0 atom stereocenters. The average molecular weight is 255 g/mol. The molecule has 2 aromatic heterocycles. The summed E-state index contributed by atoms with van der Waals surface area (Å²) in [6, 6.07) is 12.8. The zero-order valence-corrected chi connectivity index (χ0v) is 10.5. The Bertz CT molecular complexity index is 773. The van der Waals surface area contributed by atoms with Gasteiger partial charge in [0, 0.05) is 12.5 Å². The molecule has 1 aromatic carbocycles. The zero-order valence-electron chi connectivity index (χ0n) is 10.5. The van der Waals surface area contributed by atoms with Crippen LogP contribution in [-0.2, 0) is 6.42 Å². The summed E-state index contributed by atoms with van der Waals surface area (Å²) in [5, 5.41) is 7.06. The highest BCUT2D eigenvalue weighted by atomic mass is 16.5. The smallest absolute Gasteiger partial charge is 0.257 e. The third-order valence-electron chi connectivity index (χ3n) is 3.01. The summed E-state index contributed by atoms with van der Waals surface area (Å²) in [6.07, 6.45) is 0.571. The average Bonchev–Trinajstić information content (AvgIpc) is 2.84. The van der Waals surface area contributed by atoms with Crippen LogP contribution in [0.25, 0.3) is 5.65 Å². The highest BCUT2D eigenvalue weighted by Crippen LogP contribution is 2.15. The molecule has 0 aliphatic rings. The predicted molar refractivity (Wildman–Crippen MR) is 71.6 cm³/mol. The first-order valence-corrected chi connectivity index (χ1v) is 5.96. The van der Waals surface area contributed by atoms with Crippen LogP contribution in [-0.4, -0.2) is 21.7 Å². The first-order chi connectivity index (χ1) is 9.28. The molecular weight excluding hydrogens is 242 g/mol. The van der Waals surface area contributed by atoms with E-state index in [1.165, 1.54) is 6.07 Å². The number of H-pyrrole nitrogens is 1. The molecule has 0 bridgehead atoms. The number of hydrogen-bond donors (Lipinski definition) is 1. The van der Waals surface area contributed by atoms with Crippen molar-refractivity contribution in [3.63, 3.8) is 0 Å². The van der Waals surface area contributed by atoms with Crippen LogP contribution in [0.4, 0.5) is 0 Å². The van der Waals surface area contributed by atoms with E-state index < -0.39 is 0 Å². The van der Waals surface area contributed by atoms with Crippen LogP contribution in [0.1, 0.15) is 11.4 Å². The molecule has 0 saturated carbocycles. The van der Waals surface area contributed by atoms with Gasteiger partial charge in [-0.3, -0.25) is 9.89 Å². The number of fused-ring (bicyclic) bond motifs is 1. The summed E-state index contributed by atoms with van der Waals surface area (Å²) in [5.74, 6) is 1.48. The molecule has 0 aliphatic heterocycles. The predicted octanol–water partition coefficient (Wildman–Crippen LogP) is 1.62. The van der Waals surface area contributed by atoms with Crippen LogP contribution in [0.2, 0.25) is 0 Å². The van der Waals surface area contributed by atoms with Gasteiger partial charge < -0.3 is 4.74 Å². The molecule has 3 aromatic rings. The van der Waals surface area contributed by atoms with E-state index in [2.05, 4.69) is 10.2 Å². The van der Waals surface area contributed by atoms with Crippen molar-refractivity contribution in [3.8, 4) is 5.75 Å². The van der Waals surface area contributed by atoms with E-state index in [0.717, 1.165) is 11.3 Å². The second-order valence-corrected chi connectivity index (χ2v) is 4.25. The molecule has 0 spiro atoms. The van der Waals surface area contributed by atoms with Crippen molar-refractivity contribution in [2.45, 2.75) is 6.42 Å². The van der Waals surface area contributed by atoms with Gasteiger partial charge in [0.05, 0.1) is 7.11 Å². The van der Waals surface area contributed by atoms with Crippen LogP contribution < -0.4 is 10.3 Å². The molecule has 2 heterocycles. The zero-order chi connectivity index (χ0) is 13.2. The number of nitrogens with zero attached hydrogens (tertiary/aromatic N) is 2. The molecular formula is C14H13N3O2. The summed E-state index contributed by atoms with van der Waals surface area (Å²) in [6.45, 7) is 0. The monoisotopic (exact) mass is 255 g/mol. The Morgan fingerprint density at radius 3 is 2.95 bits per heavy atom. The normalized spacial score (nSPS) is 10.8. The van der Waals surface area contributed by atoms with Crippen LogP contribution >= 0.6 is 0 Å². The van der Waals surface area contributed by atoms with Gasteiger partial charge in [-0.15, -0.1) is 0 Å². The fourth-order valence-corrected chi connectivity index (χ4v) is 2.10. The molecule has 3 rings (SSSR count). The summed E-state index contributed by atoms with van der Waals surface area (Å²) in [5.41, 5.74) is 1.66. The number of aromatic amines is 1. The Hall–Kier alpha value is -2.56. The maximum absolute atomic E-state index is 11.9. The topological polar surface area (TPSA) is 59.4 Å². The van der Waals surface area contributed by atoms with Crippen molar-refractivity contribution in [1.82, 2.24) is 14.6 Å². The number of ether oxygens (including phenoxy) is 1. The lowest BCUT2D eigenvalue weighted by Gasteiger charge is -2.03. The summed E-state index contributed by atoms with van der Waals surface area (Å²) in [7, 11) is 1.63. The molecule has 5 heteroatoms. The number of nitrogens with one attached hydrogen (secondary N) is 1. The van der Waals surface area contributed by atoms with Crippen molar-refractivity contribution in [1.29, 1.82) is 0 Å². The molecule has 1 N–H and O–H groups in total. The fraction of sp³-hybridized carbons (Fsp3) is 0.143. The number of pyridine rings is 1. The molecule has 0 aliphatic carbocycles. The van der Waals surface area contributed by atoms with Gasteiger partial charge in [-0.05, 0) is 23.8 Å². The number of methoxy groups -OCH3 is 1. The van der Waals surface area contributed by atoms with E-state index in [4.69, 9.17) is 4.74 Å². The summed E-state index contributed by atoms with van der Waals surface area (Å²) in [4.78, 5) is 11.9. The number of aromatic nitrogens is 3. The van der Waals surface area contributed by atoms with Crippen LogP contribution in [0, 0.1) is 0 Å². The first-order valence-electron chi connectivity index (χ1n) is 5.96. The van der Waals surface area contributed by atoms with Gasteiger partial charge in [0.2, 0.25) is 0 Å². The van der Waals surface area contributed by atoms with E-state index in [1.807, 2.05) is 30.3 Å². The Morgan fingerprint density at radius 1 is 1.26 bits per heavy atom. The first kappa shape index (κ1) is 11.5. The van der Waals surface area contributed by atoms with Crippen LogP contribution in [0.15, 0.2) is 47.3 Å². The van der Waals surface area contributed by atoms with Crippen molar-refractivity contribution >= 4 is 5.65 Å². The summed E-state index contributed by atoms with van der Waals surface area (Å²) >= 11 is 0. The minimum absolute atomic E-state index is 0.0795. The minimum atomic E-state index is -0.0795. The Balaban J connectivity index is 2.03. The minimum Gasteiger partial charge on any atom is -0.497 e. The second kappa shape index (κ2) is 4.61. The lowest BCUT2D eigenvalue weighted by Crippen LogP contribution is -2.13. The second-order valence-electron chi connectivity index (χ2n) is 4.25. The third-order valence-corrected chi connectivity index (χ3v) is 3.01. The number of benzene rings is 1. The molecule has 0 fully saturated rings. The molecule has 0 saturated heterocycles. The molecule has 5 nitrogen and oxygen atoms in total. The van der Waals surface area contributed by atoms with Crippen molar-refractivity contribution < 1.29 is 4.74 Å². The largest absolute Gasteiger partial charge is 0.497 e. The van der Waals surface area contributed by atoms with E-state index in [9.17, 15) is 4.79 Å². The van der Waals surface area contributed by atoms with E-state index >= 15 is 0 Å². The van der Waals surface area contributed by atoms with E-state index in [-0.39, 0.29) is 5.56 Å². The van der Waals surface area contributed by atoms with Gasteiger partial charge in [0.25, 0.3) is 5.56 Å². The van der Waals surface area contributed by atoms with Crippen molar-refractivity contribution in [3.05, 3.63) is 64.2 Å². The van der Waals surface area contributed by atoms with Crippen LogP contribution in [0.5, 0.6) is 5.75 Å². The van der Waals surface area contributed by atoms with Gasteiger partial charge in [0.1, 0.15) is 17.2 Å². The maximum Gasteiger partial charge on any atom is 0.257 e. The van der Waals surface area contributed by atoms with Crippen molar-refractivity contribution in [2.24, 2.45) is 0 Å². The molecule has 0 unspecified atom stereocenters. The SMILES string of the molecule is COc1cccc(Cc2n[nH]c3cccc(=O)n23)c1. The van der Waals surface area contributed by atoms with Gasteiger partial charge >= 0.3 is 0 Å². The van der Waals surface area contributed by atoms with Crippen LogP contribution in [0.3, 0.4) is 0 Å².